The second-order valence-corrected chi connectivity index (χ2v) is 13.4. The van der Waals surface area contributed by atoms with E-state index in [0.717, 1.165) is 12.8 Å². The van der Waals surface area contributed by atoms with E-state index in [1.54, 1.807) is 0 Å². The predicted molar refractivity (Wildman–Crippen MR) is 202 cm³/mol. The number of fused-ring (bicyclic) bond motifs is 6. The molecule has 0 N–H and O–H groups in total. The Morgan fingerprint density at radius 1 is 0.435 bits per heavy atom. The van der Waals surface area contributed by atoms with Crippen LogP contribution in [0, 0.1) is 0 Å². The van der Waals surface area contributed by atoms with Crippen molar-refractivity contribution in [2.75, 3.05) is 0 Å². The molecule has 9 rings (SSSR count). The van der Waals surface area contributed by atoms with Crippen LogP contribution in [-0.4, -0.2) is 0 Å². The highest BCUT2D eigenvalue weighted by molar-refractivity contribution is 7.26. The SMILES string of the molecule is CCCc1ccc2sc3c(-c4c5ccccc5c(-c5cccc6ccc(-c7ccccc7)cc56)c5ccccc45)cccc3c2c1. The van der Waals surface area contributed by atoms with Crippen molar-refractivity contribution in [1.29, 1.82) is 0 Å². The molecule has 0 amide bonds. The van der Waals surface area contributed by atoms with E-state index in [4.69, 9.17) is 0 Å². The van der Waals surface area contributed by atoms with E-state index < -0.39 is 0 Å². The smallest absolute Gasteiger partial charge is 0.0434 e. The van der Waals surface area contributed by atoms with Crippen molar-refractivity contribution in [1.82, 2.24) is 0 Å². The monoisotopic (exact) mass is 604 g/mol. The molecular weight excluding hydrogens is 573 g/mol. The van der Waals surface area contributed by atoms with Gasteiger partial charge in [0, 0.05) is 25.7 Å². The van der Waals surface area contributed by atoms with E-state index in [0.29, 0.717) is 0 Å². The van der Waals surface area contributed by atoms with Crippen LogP contribution in [-0.2, 0) is 6.42 Å². The molecule has 8 aromatic carbocycles. The van der Waals surface area contributed by atoms with Crippen molar-refractivity contribution < 1.29 is 0 Å². The second-order valence-electron chi connectivity index (χ2n) is 12.3. The molecule has 218 valence electrons. The third-order valence-corrected chi connectivity index (χ3v) is 10.8. The molecule has 0 radical (unpaired) electrons. The topological polar surface area (TPSA) is 0 Å². The van der Waals surface area contributed by atoms with Gasteiger partial charge in [0.15, 0.2) is 0 Å². The Labute approximate surface area is 273 Å². The maximum atomic E-state index is 2.42. The first-order valence-corrected chi connectivity index (χ1v) is 17.1. The van der Waals surface area contributed by atoms with Crippen LogP contribution in [0.25, 0.3) is 85.9 Å². The molecule has 1 aromatic heterocycles. The summed E-state index contributed by atoms with van der Waals surface area (Å²) in [6, 6.07) is 56.4. The predicted octanol–water partition coefficient (Wildman–Crippen LogP) is 13.5. The van der Waals surface area contributed by atoms with Gasteiger partial charge in [0.05, 0.1) is 0 Å². The van der Waals surface area contributed by atoms with Gasteiger partial charge in [-0.3, -0.25) is 0 Å². The minimum Gasteiger partial charge on any atom is -0.135 e. The molecule has 0 unspecified atom stereocenters. The van der Waals surface area contributed by atoms with Crippen LogP contribution >= 0.6 is 11.3 Å². The summed E-state index contributed by atoms with van der Waals surface area (Å²) in [7, 11) is 0. The Kier molecular flexibility index (Phi) is 6.47. The maximum Gasteiger partial charge on any atom is 0.0434 e. The zero-order valence-corrected chi connectivity index (χ0v) is 26.6. The molecule has 9 aromatic rings. The lowest BCUT2D eigenvalue weighted by molar-refractivity contribution is 0.924. The second kappa shape index (κ2) is 11.0. The molecule has 0 aliphatic rings. The molecule has 1 heterocycles. The Morgan fingerprint density at radius 3 is 1.78 bits per heavy atom. The Bertz CT molecular complexity index is 2530. The first-order valence-electron chi connectivity index (χ1n) is 16.2. The average Bonchev–Trinajstić information content (AvgIpc) is 3.49. The Morgan fingerprint density at radius 2 is 1.07 bits per heavy atom. The van der Waals surface area contributed by atoms with Gasteiger partial charge in [-0.2, -0.15) is 0 Å². The van der Waals surface area contributed by atoms with Gasteiger partial charge in [0.2, 0.25) is 0 Å². The van der Waals surface area contributed by atoms with Crippen LogP contribution in [0.15, 0.2) is 152 Å². The third-order valence-electron chi connectivity index (χ3n) is 9.56. The van der Waals surface area contributed by atoms with Gasteiger partial charge >= 0.3 is 0 Å². The van der Waals surface area contributed by atoms with Crippen LogP contribution < -0.4 is 0 Å². The van der Waals surface area contributed by atoms with E-state index in [-0.39, 0.29) is 0 Å². The third kappa shape index (κ3) is 4.27. The molecule has 0 fully saturated rings. The van der Waals surface area contributed by atoms with Crippen molar-refractivity contribution in [2.24, 2.45) is 0 Å². The first-order chi connectivity index (χ1) is 22.8. The van der Waals surface area contributed by atoms with E-state index >= 15 is 0 Å². The summed E-state index contributed by atoms with van der Waals surface area (Å²) in [4.78, 5) is 0. The van der Waals surface area contributed by atoms with Gasteiger partial charge in [-0.25, -0.2) is 0 Å². The highest BCUT2D eigenvalue weighted by atomic mass is 32.1. The fourth-order valence-corrected chi connectivity index (χ4v) is 8.70. The summed E-state index contributed by atoms with van der Waals surface area (Å²) in [5.41, 5.74) is 9.12. The van der Waals surface area contributed by atoms with Gasteiger partial charge < -0.3 is 0 Å². The van der Waals surface area contributed by atoms with Gasteiger partial charge in [0.1, 0.15) is 0 Å². The zero-order valence-electron chi connectivity index (χ0n) is 25.8. The van der Waals surface area contributed by atoms with Gasteiger partial charge in [-0.1, -0.05) is 147 Å². The first kappa shape index (κ1) is 27.1. The number of aryl methyl sites for hydroxylation is 1. The van der Waals surface area contributed by atoms with Crippen LogP contribution in [0.5, 0.6) is 0 Å². The highest BCUT2D eigenvalue weighted by Crippen LogP contribution is 2.48. The van der Waals surface area contributed by atoms with Crippen LogP contribution in [0.2, 0.25) is 0 Å². The van der Waals surface area contributed by atoms with Crippen molar-refractivity contribution in [3.63, 3.8) is 0 Å². The molecule has 0 spiro atoms. The highest BCUT2D eigenvalue weighted by Gasteiger charge is 2.20. The van der Waals surface area contributed by atoms with E-state index in [9.17, 15) is 0 Å². The van der Waals surface area contributed by atoms with E-state index in [2.05, 4.69) is 159 Å². The molecule has 0 nitrogen and oxygen atoms in total. The Hall–Kier alpha value is -5.24. The fraction of sp³-hybridized carbons (Fsp3) is 0.0667. The lowest BCUT2D eigenvalue weighted by Gasteiger charge is -2.19. The molecule has 0 atom stereocenters. The summed E-state index contributed by atoms with van der Waals surface area (Å²) < 4.78 is 2.73. The summed E-state index contributed by atoms with van der Waals surface area (Å²) in [5.74, 6) is 0. The van der Waals surface area contributed by atoms with Crippen LogP contribution in [0.1, 0.15) is 18.9 Å². The van der Waals surface area contributed by atoms with Crippen molar-refractivity contribution in [2.45, 2.75) is 19.8 Å². The zero-order chi connectivity index (χ0) is 30.6. The van der Waals surface area contributed by atoms with Crippen molar-refractivity contribution >= 4 is 63.8 Å². The van der Waals surface area contributed by atoms with Crippen molar-refractivity contribution in [3.8, 4) is 33.4 Å². The number of thiophene rings is 1. The Balaban J connectivity index is 1.36. The summed E-state index contributed by atoms with van der Waals surface area (Å²) in [6.45, 7) is 2.26. The van der Waals surface area contributed by atoms with Gasteiger partial charge in [0.25, 0.3) is 0 Å². The van der Waals surface area contributed by atoms with Gasteiger partial charge in [-0.15, -0.1) is 11.3 Å². The summed E-state index contributed by atoms with van der Waals surface area (Å²) in [5, 5.41) is 10.4. The molecule has 0 aliphatic carbocycles. The molecule has 0 saturated carbocycles. The summed E-state index contributed by atoms with van der Waals surface area (Å²) in [6.07, 6.45) is 2.28. The van der Waals surface area contributed by atoms with Gasteiger partial charge in [-0.05, 0) is 90.3 Å². The number of benzene rings is 8. The number of rotatable bonds is 5. The molecule has 0 saturated heterocycles. The minimum atomic E-state index is 1.12. The number of hydrogen-bond acceptors (Lipinski definition) is 1. The standard InChI is InChI=1S/C45H32S/c1-2-12-29-23-26-42-41(27-29)38-21-11-22-39(45(38)46-42)44-35-18-8-6-16-33(35)43(34-17-7-9-19-36(34)44)37-20-10-15-31-24-25-32(28-40(31)37)30-13-4-3-5-14-30/h3-11,13-28H,2,12H2,1H3. The molecule has 0 bridgehead atoms. The van der Waals surface area contributed by atoms with Crippen LogP contribution in [0.4, 0.5) is 0 Å². The number of hydrogen-bond donors (Lipinski definition) is 0. The van der Waals surface area contributed by atoms with E-state index in [1.807, 2.05) is 11.3 Å². The van der Waals surface area contributed by atoms with Crippen LogP contribution in [0.3, 0.4) is 0 Å². The fourth-order valence-electron chi connectivity index (χ4n) is 7.50. The quantitative estimate of drug-likeness (QED) is 0.171. The normalized spacial score (nSPS) is 11.8. The molecular formula is C45H32S. The summed E-state index contributed by atoms with van der Waals surface area (Å²) >= 11 is 1.93. The minimum absolute atomic E-state index is 1.12. The van der Waals surface area contributed by atoms with E-state index in [1.165, 1.54) is 91.4 Å². The average molecular weight is 605 g/mol. The largest absolute Gasteiger partial charge is 0.135 e. The van der Waals surface area contributed by atoms with Crippen molar-refractivity contribution in [3.05, 3.63) is 157 Å². The lowest BCUT2D eigenvalue weighted by Crippen LogP contribution is -1.92. The maximum absolute atomic E-state index is 2.42. The molecule has 1 heteroatoms. The lowest BCUT2D eigenvalue weighted by atomic mass is 9.84. The molecule has 46 heavy (non-hydrogen) atoms. The molecule has 0 aliphatic heterocycles.